The largest absolute Gasteiger partial charge is 0.478 e. The molecule has 138 valence electrons. The van der Waals surface area contributed by atoms with Crippen molar-refractivity contribution in [3.63, 3.8) is 0 Å². The quantitative estimate of drug-likeness (QED) is 0.535. The summed E-state index contributed by atoms with van der Waals surface area (Å²) in [6, 6.07) is 17.0. The first-order chi connectivity index (χ1) is 13.5. The summed E-state index contributed by atoms with van der Waals surface area (Å²) in [6.45, 7) is 0. The van der Waals surface area contributed by atoms with Crippen molar-refractivity contribution >= 4 is 22.6 Å². The van der Waals surface area contributed by atoms with E-state index >= 15 is 0 Å². The number of carbonyl (C=O) groups is 1. The molecule has 0 saturated heterocycles. The van der Waals surface area contributed by atoms with Crippen LogP contribution >= 0.6 is 0 Å². The molecule has 28 heavy (non-hydrogen) atoms. The number of anilines is 1. The Morgan fingerprint density at radius 3 is 2.36 bits per heavy atom. The first-order valence-corrected chi connectivity index (χ1v) is 8.63. The fourth-order valence-electron chi connectivity index (χ4n) is 3.05. The fourth-order valence-corrected chi connectivity index (χ4v) is 3.05. The lowest BCUT2D eigenvalue weighted by Gasteiger charge is -2.08. The SMILES string of the molecule is CNc1ccc(-c2ccc(-c3cc(C(=O)O)c4cc(F)ccc4n3)nc2)cc1. The molecule has 0 aliphatic heterocycles. The Hall–Kier alpha value is -3.80. The van der Waals surface area contributed by atoms with Crippen LogP contribution in [0.15, 0.2) is 66.9 Å². The van der Waals surface area contributed by atoms with Gasteiger partial charge in [-0.3, -0.25) is 4.98 Å². The molecule has 0 bridgehead atoms. The zero-order valence-electron chi connectivity index (χ0n) is 15.0. The van der Waals surface area contributed by atoms with E-state index in [-0.39, 0.29) is 10.9 Å². The average Bonchev–Trinajstić information content (AvgIpc) is 2.73. The van der Waals surface area contributed by atoms with Gasteiger partial charge in [-0.15, -0.1) is 0 Å². The Balaban J connectivity index is 1.75. The minimum atomic E-state index is -1.14. The molecule has 2 aromatic carbocycles. The summed E-state index contributed by atoms with van der Waals surface area (Å²) >= 11 is 0. The zero-order valence-corrected chi connectivity index (χ0v) is 15.0. The Bertz CT molecular complexity index is 1170. The van der Waals surface area contributed by atoms with Gasteiger partial charge in [-0.05, 0) is 48.0 Å². The van der Waals surface area contributed by atoms with Crippen molar-refractivity contribution in [1.82, 2.24) is 9.97 Å². The van der Waals surface area contributed by atoms with Gasteiger partial charge in [0.15, 0.2) is 0 Å². The van der Waals surface area contributed by atoms with Crippen molar-refractivity contribution in [1.29, 1.82) is 0 Å². The number of aromatic carboxylic acids is 1. The summed E-state index contributed by atoms with van der Waals surface area (Å²) in [5, 5.41) is 12.8. The summed E-state index contributed by atoms with van der Waals surface area (Å²) in [4.78, 5) is 20.5. The van der Waals surface area contributed by atoms with Gasteiger partial charge in [-0.2, -0.15) is 0 Å². The zero-order chi connectivity index (χ0) is 19.7. The number of hydrogen-bond acceptors (Lipinski definition) is 4. The first-order valence-electron chi connectivity index (χ1n) is 8.63. The second-order valence-electron chi connectivity index (χ2n) is 6.28. The van der Waals surface area contributed by atoms with Gasteiger partial charge in [0.25, 0.3) is 0 Å². The highest BCUT2D eigenvalue weighted by Crippen LogP contribution is 2.27. The van der Waals surface area contributed by atoms with Crippen LogP contribution in [0, 0.1) is 5.82 Å². The van der Waals surface area contributed by atoms with Gasteiger partial charge in [0.1, 0.15) is 5.82 Å². The first kappa shape index (κ1) is 17.6. The highest BCUT2D eigenvalue weighted by atomic mass is 19.1. The predicted octanol–water partition coefficient (Wildman–Crippen LogP) is 4.84. The van der Waals surface area contributed by atoms with E-state index in [4.69, 9.17) is 0 Å². The maximum atomic E-state index is 13.5. The standard InChI is InChI=1S/C22H16FN3O2/c1-24-16-6-2-13(3-7-16)14-4-8-20(25-12-14)21-11-18(22(27)28)17-10-15(23)5-9-19(17)26-21/h2-12,24H,1H3,(H,27,28). The van der Waals surface area contributed by atoms with Crippen LogP contribution in [0.25, 0.3) is 33.4 Å². The molecule has 2 heterocycles. The van der Waals surface area contributed by atoms with E-state index in [0.29, 0.717) is 16.9 Å². The second-order valence-corrected chi connectivity index (χ2v) is 6.28. The molecule has 0 aliphatic carbocycles. The third-order valence-electron chi connectivity index (χ3n) is 4.53. The fraction of sp³-hybridized carbons (Fsp3) is 0.0455. The molecule has 6 heteroatoms. The smallest absolute Gasteiger partial charge is 0.336 e. The summed E-state index contributed by atoms with van der Waals surface area (Å²) in [5.41, 5.74) is 4.35. The van der Waals surface area contributed by atoms with Crippen molar-refractivity contribution in [2.45, 2.75) is 0 Å². The maximum Gasteiger partial charge on any atom is 0.336 e. The maximum absolute atomic E-state index is 13.5. The van der Waals surface area contributed by atoms with Crippen LogP contribution in [0.1, 0.15) is 10.4 Å². The summed E-state index contributed by atoms with van der Waals surface area (Å²) in [5.74, 6) is -1.64. The van der Waals surface area contributed by atoms with Gasteiger partial charge in [-0.1, -0.05) is 18.2 Å². The lowest BCUT2D eigenvalue weighted by atomic mass is 10.0. The number of pyridine rings is 2. The van der Waals surface area contributed by atoms with Crippen molar-refractivity contribution in [3.8, 4) is 22.5 Å². The van der Waals surface area contributed by atoms with E-state index in [1.807, 2.05) is 37.4 Å². The van der Waals surface area contributed by atoms with Gasteiger partial charge in [0.2, 0.25) is 0 Å². The lowest BCUT2D eigenvalue weighted by molar-refractivity contribution is 0.0699. The van der Waals surface area contributed by atoms with E-state index in [9.17, 15) is 14.3 Å². The van der Waals surface area contributed by atoms with E-state index in [1.54, 1.807) is 12.3 Å². The lowest BCUT2D eigenvalue weighted by Crippen LogP contribution is -2.01. The van der Waals surface area contributed by atoms with E-state index in [2.05, 4.69) is 15.3 Å². The topological polar surface area (TPSA) is 75.1 Å². The molecule has 0 fully saturated rings. The van der Waals surface area contributed by atoms with Gasteiger partial charge in [0.05, 0.1) is 22.5 Å². The Labute approximate surface area is 160 Å². The number of fused-ring (bicyclic) bond motifs is 1. The number of aromatic nitrogens is 2. The molecular weight excluding hydrogens is 357 g/mol. The minimum absolute atomic E-state index is 0.00645. The van der Waals surface area contributed by atoms with Crippen LogP contribution in [0.3, 0.4) is 0 Å². The third kappa shape index (κ3) is 3.27. The number of rotatable bonds is 4. The molecule has 4 aromatic rings. The minimum Gasteiger partial charge on any atom is -0.478 e. The number of hydrogen-bond donors (Lipinski definition) is 2. The molecule has 0 aliphatic rings. The van der Waals surface area contributed by atoms with Gasteiger partial charge >= 0.3 is 5.97 Å². The molecule has 0 atom stereocenters. The summed E-state index contributed by atoms with van der Waals surface area (Å²) in [7, 11) is 1.86. The van der Waals surface area contributed by atoms with Crippen molar-refractivity contribution in [2.75, 3.05) is 12.4 Å². The van der Waals surface area contributed by atoms with Crippen LogP contribution in [0.5, 0.6) is 0 Å². The number of nitrogens with zero attached hydrogens (tertiary/aromatic N) is 2. The Morgan fingerprint density at radius 2 is 1.71 bits per heavy atom. The highest BCUT2D eigenvalue weighted by Gasteiger charge is 2.14. The normalized spacial score (nSPS) is 10.8. The van der Waals surface area contributed by atoms with Gasteiger partial charge in [-0.25, -0.2) is 14.2 Å². The van der Waals surface area contributed by atoms with E-state index in [1.165, 1.54) is 24.3 Å². The molecule has 0 saturated carbocycles. The highest BCUT2D eigenvalue weighted by molar-refractivity contribution is 6.03. The number of carboxylic acids is 1. The number of halogens is 1. The Morgan fingerprint density at radius 1 is 0.964 bits per heavy atom. The van der Waals surface area contributed by atoms with Gasteiger partial charge in [0, 0.05) is 29.9 Å². The summed E-state index contributed by atoms with van der Waals surface area (Å²) in [6.07, 6.45) is 1.72. The van der Waals surface area contributed by atoms with Crippen molar-refractivity contribution in [3.05, 3.63) is 78.2 Å². The van der Waals surface area contributed by atoms with Crippen LogP contribution in [0.2, 0.25) is 0 Å². The molecule has 2 N–H and O–H groups in total. The van der Waals surface area contributed by atoms with Crippen LogP contribution in [0.4, 0.5) is 10.1 Å². The predicted molar refractivity (Wildman–Crippen MR) is 107 cm³/mol. The molecule has 2 aromatic heterocycles. The second kappa shape index (κ2) is 7.08. The number of nitrogens with one attached hydrogen (secondary N) is 1. The summed E-state index contributed by atoms with van der Waals surface area (Å²) < 4.78 is 13.5. The molecule has 0 unspecified atom stereocenters. The molecular formula is C22H16FN3O2. The van der Waals surface area contributed by atoms with Crippen LogP contribution in [-0.4, -0.2) is 28.1 Å². The van der Waals surface area contributed by atoms with Crippen molar-refractivity contribution < 1.29 is 14.3 Å². The molecule has 0 amide bonds. The van der Waals surface area contributed by atoms with E-state index in [0.717, 1.165) is 16.8 Å². The number of benzene rings is 2. The van der Waals surface area contributed by atoms with Crippen molar-refractivity contribution in [2.24, 2.45) is 0 Å². The number of carboxylic acid groups (broad SMARTS) is 1. The molecule has 0 radical (unpaired) electrons. The van der Waals surface area contributed by atoms with E-state index < -0.39 is 11.8 Å². The monoisotopic (exact) mass is 373 g/mol. The molecule has 0 spiro atoms. The Kier molecular flexibility index (Phi) is 4.45. The van der Waals surface area contributed by atoms with Crippen LogP contribution in [-0.2, 0) is 0 Å². The van der Waals surface area contributed by atoms with Gasteiger partial charge < -0.3 is 10.4 Å². The third-order valence-corrected chi connectivity index (χ3v) is 4.53. The molecule has 5 nitrogen and oxygen atoms in total. The average molecular weight is 373 g/mol. The molecule has 4 rings (SSSR count). The van der Waals surface area contributed by atoms with Crippen LogP contribution < -0.4 is 5.32 Å².